The van der Waals surface area contributed by atoms with Crippen molar-refractivity contribution in [3.63, 3.8) is 0 Å². The molecule has 1 heterocycles. The van der Waals surface area contributed by atoms with Crippen molar-refractivity contribution in [2.24, 2.45) is 5.14 Å². The second-order valence-electron chi connectivity index (χ2n) is 5.60. The van der Waals surface area contributed by atoms with Gasteiger partial charge in [-0.2, -0.15) is 0 Å². The van der Waals surface area contributed by atoms with Gasteiger partial charge in [-0.25, -0.2) is 13.6 Å². The lowest BCUT2D eigenvalue weighted by Gasteiger charge is -2.04. The molecule has 1 amide bonds. The maximum Gasteiger partial charge on any atom is 0.238 e. The first-order chi connectivity index (χ1) is 12.4. The van der Waals surface area contributed by atoms with E-state index in [1.807, 2.05) is 30.3 Å². The molecular formula is C17H17N5O3S. The minimum Gasteiger partial charge on any atom is -0.326 e. The summed E-state index contributed by atoms with van der Waals surface area (Å²) in [6, 6.07) is 15.2. The van der Waals surface area contributed by atoms with Gasteiger partial charge in [0.05, 0.1) is 17.6 Å². The van der Waals surface area contributed by atoms with Crippen LogP contribution >= 0.6 is 0 Å². The Balaban J connectivity index is 1.60. The van der Waals surface area contributed by atoms with E-state index in [0.29, 0.717) is 17.8 Å². The van der Waals surface area contributed by atoms with Gasteiger partial charge in [0, 0.05) is 17.7 Å². The van der Waals surface area contributed by atoms with E-state index in [1.54, 1.807) is 23.0 Å². The molecule has 9 heteroatoms. The van der Waals surface area contributed by atoms with E-state index in [-0.39, 0.29) is 17.2 Å². The highest BCUT2D eigenvalue weighted by atomic mass is 32.2. The fourth-order valence-corrected chi connectivity index (χ4v) is 2.83. The number of hydrogen-bond donors (Lipinski definition) is 2. The number of sulfonamides is 1. The van der Waals surface area contributed by atoms with Crippen molar-refractivity contribution in [1.29, 1.82) is 0 Å². The van der Waals surface area contributed by atoms with E-state index < -0.39 is 10.0 Å². The molecule has 26 heavy (non-hydrogen) atoms. The molecule has 0 atom stereocenters. The number of nitrogens with zero attached hydrogens (tertiary/aromatic N) is 3. The Hall–Kier alpha value is -3.04. The molecule has 3 rings (SSSR count). The van der Waals surface area contributed by atoms with Crippen molar-refractivity contribution in [3.8, 4) is 11.3 Å². The average Bonchev–Trinajstić information content (AvgIpc) is 3.09. The molecule has 0 radical (unpaired) electrons. The number of carbonyl (C=O) groups is 1. The van der Waals surface area contributed by atoms with E-state index >= 15 is 0 Å². The lowest BCUT2D eigenvalue weighted by atomic mass is 10.2. The molecule has 0 aliphatic heterocycles. The van der Waals surface area contributed by atoms with Crippen molar-refractivity contribution >= 4 is 21.6 Å². The number of primary sulfonamides is 1. The standard InChI is InChI=1S/C17H17N5O3S/c18-26(24,25)15-8-6-13(7-9-15)16-12-22(21-20-16)11-10-17(23)19-14-4-2-1-3-5-14/h1-9,12H,10-11H2,(H,19,23)(H2,18,24,25). The van der Waals surface area contributed by atoms with Gasteiger partial charge >= 0.3 is 0 Å². The van der Waals surface area contributed by atoms with Crippen LogP contribution in [0, 0.1) is 0 Å². The molecule has 0 saturated carbocycles. The highest BCUT2D eigenvalue weighted by Crippen LogP contribution is 2.18. The van der Waals surface area contributed by atoms with E-state index in [1.165, 1.54) is 12.1 Å². The maximum atomic E-state index is 12.0. The largest absolute Gasteiger partial charge is 0.326 e. The third kappa shape index (κ3) is 4.52. The van der Waals surface area contributed by atoms with Gasteiger partial charge in [0.15, 0.2) is 0 Å². The monoisotopic (exact) mass is 371 g/mol. The SMILES string of the molecule is NS(=O)(=O)c1ccc(-c2cn(CCC(=O)Nc3ccccc3)nn2)cc1. The summed E-state index contributed by atoms with van der Waals surface area (Å²) < 4.78 is 24.1. The van der Waals surface area contributed by atoms with Gasteiger partial charge in [0.25, 0.3) is 0 Å². The maximum absolute atomic E-state index is 12.0. The first-order valence-electron chi connectivity index (χ1n) is 7.80. The Morgan fingerprint density at radius 2 is 1.77 bits per heavy atom. The van der Waals surface area contributed by atoms with Gasteiger partial charge in [-0.3, -0.25) is 9.48 Å². The fourth-order valence-electron chi connectivity index (χ4n) is 2.32. The van der Waals surface area contributed by atoms with Crippen molar-refractivity contribution < 1.29 is 13.2 Å². The molecule has 3 aromatic rings. The molecule has 1 aromatic heterocycles. The first-order valence-corrected chi connectivity index (χ1v) is 9.35. The van der Waals surface area contributed by atoms with Crippen LogP contribution in [-0.4, -0.2) is 29.3 Å². The van der Waals surface area contributed by atoms with Crippen LogP contribution < -0.4 is 10.5 Å². The molecule has 134 valence electrons. The van der Waals surface area contributed by atoms with E-state index in [2.05, 4.69) is 15.6 Å². The Morgan fingerprint density at radius 1 is 1.08 bits per heavy atom. The number of rotatable bonds is 6. The molecule has 0 fully saturated rings. The number of amides is 1. The highest BCUT2D eigenvalue weighted by Gasteiger charge is 2.10. The molecular weight excluding hydrogens is 354 g/mol. The second kappa shape index (κ2) is 7.46. The number of para-hydroxylation sites is 1. The molecule has 3 N–H and O–H groups in total. The van der Waals surface area contributed by atoms with E-state index in [4.69, 9.17) is 5.14 Å². The van der Waals surface area contributed by atoms with Crippen LogP contribution in [0.25, 0.3) is 11.3 Å². The van der Waals surface area contributed by atoms with Crippen LogP contribution in [0.3, 0.4) is 0 Å². The minimum absolute atomic E-state index is 0.0335. The second-order valence-corrected chi connectivity index (χ2v) is 7.16. The first kappa shape index (κ1) is 17.8. The van der Waals surface area contributed by atoms with Gasteiger partial charge in [-0.05, 0) is 24.3 Å². The van der Waals surface area contributed by atoms with Crippen molar-refractivity contribution in [3.05, 3.63) is 60.8 Å². The van der Waals surface area contributed by atoms with Crippen LogP contribution in [0.4, 0.5) is 5.69 Å². The Bertz CT molecular complexity index is 998. The van der Waals surface area contributed by atoms with Gasteiger partial charge in [-0.15, -0.1) is 5.10 Å². The topological polar surface area (TPSA) is 120 Å². The summed E-state index contributed by atoms with van der Waals surface area (Å²) in [4.78, 5) is 12.0. The highest BCUT2D eigenvalue weighted by molar-refractivity contribution is 7.89. The molecule has 0 bridgehead atoms. The summed E-state index contributed by atoms with van der Waals surface area (Å²) in [5, 5.41) is 15.9. The summed E-state index contributed by atoms with van der Waals surface area (Å²) in [7, 11) is -3.73. The van der Waals surface area contributed by atoms with Crippen LogP contribution in [0.1, 0.15) is 6.42 Å². The van der Waals surface area contributed by atoms with Crippen molar-refractivity contribution in [1.82, 2.24) is 15.0 Å². The molecule has 0 unspecified atom stereocenters. The van der Waals surface area contributed by atoms with Crippen LogP contribution in [-0.2, 0) is 21.4 Å². The summed E-state index contributed by atoms with van der Waals surface area (Å²) in [5.41, 5.74) is 2.03. The number of nitrogens with one attached hydrogen (secondary N) is 1. The third-order valence-electron chi connectivity index (χ3n) is 3.64. The molecule has 2 aromatic carbocycles. The van der Waals surface area contributed by atoms with Crippen LogP contribution in [0.2, 0.25) is 0 Å². The number of aromatic nitrogens is 3. The molecule has 8 nitrogen and oxygen atoms in total. The molecule has 0 aliphatic carbocycles. The minimum atomic E-state index is -3.73. The number of nitrogens with two attached hydrogens (primary N) is 1. The molecule has 0 aliphatic rings. The summed E-state index contributed by atoms with van der Waals surface area (Å²) in [6.45, 7) is 0.376. The van der Waals surface area contributed by atoms with Gasteiger partial charge in [0.2, 0.25) is 15.9 Å². The number of hydrogen-bond acceptors (Lipinski definition) is 5. The summed E-state index contributed by atoms with van der Waals surface area (Å²) >= 11 is 0. The summed E-state index contributed by atoms with van der Waals surface area (Å²) in [5.74, 6) is -0.120. The van der Waals surface area contributed by atoms with Crippen LogP contribution in [0.15, 0.2) is 65.7 Å². The lowest BCUT2D eigenvalue weighted by Crippen LogP contribution is -2.14. The van der Waals surface area contributed by atoms with Crippen LogP contribution in [0.5, 0.6) is 0 Å². The van der Waals surface area contributed by atoms with Crippen molar-refractivity contribution in [2.45, 2.75) is 17.9 Å². The van der Waals surface area contributed by atoms with E-state index in [0.717, 1.165) is 5.69 Å². The third-order valence-corrected chi connectivity index (χ3v) is 4.57. The number of aryl methyl sites for hydroxylation is 1. The van der Waals surface area contributed by atoms with Gasteiger partial charge in [-0.1, -0.05) is 35.5 Å². The smallest absolute Gasteiger partial charge is 0.238 e. The van der Waals surface area contributed by atoms with E-state index in [9.17, 15) is 13.2 Å². The Morgan fingerprint density at radius 3 is 2.42 bits per heavy atom. The quantitative estimate of drug-likeness (QED) is 0.682. The number of carbonyl (C=O) groups excluding carboxylic acids is 1. The summed E-state index contributed by atoms with van der Waals surface area (Å²) in [6.07, 6.45) is 1.95. The zero-order valence-electron chi connectivity index (χ0n) is 13.7. The van der Waals surface area contributed by atoms with Gasteiger partial charge in [0.1, 0.15) is 5.69 Å². The Labute approximate surface area is 150 Å². The predicted octanol–water partition coefficient (Wildman–Crippen LogP) is 1.62. The fraction of sp³-hybridized carbons (Fsp3) is 0.118. The zero-order valence-corrected chi connectivity index (χ0v) is 14.6. The number of anilines is 1. The van der Waals surface area contributed by atoms with Crippen molar-refractivity contribution in [2.75, 3.05) is 5.32 Å². The average molecular weight is 371 g/mol. The zero-order chi connectivity index (χ0) is 18.6. The Kier molecular flexibility index (Phi) is 5.10. The van der Waals surface area contributed by atoms with Gasteiger partial charge < -0.3 is 5.32 Å². The normalized spacial score (nSPS) is 11.3. The number of benzene rings is 2. The predicted molar refractivity (Wildman–Crippen MR) is 96.5 cm³/mol. The molecule has 0 saturated heterocycles. The molecule has 0 spiro atoms. The lowest BCUT2D eigenvalue weighted by molar-refractivity contribution is -0.116.